The molecule has 4 aliphatic rings. The Morgan fingerprint density at radius 3 is 1.21 bits per heavy atom. The number of aliphatic hydroxyl groups excluding tert-OH is 2. The Labute approximate surface area is 210 Å². The molecule has 4 aliphatic heterocycles. The minimum absolute atomic E-state index is 0.0705. The van der Waals surface area contributed by atoms with Gasteiger partial charge in [-0.05, 0) is 24.4 Å². The van der Waals surface area contributed by atoms with Crippen molar-refractivity contribution in [1.29, 1.82) is 0 Å². The molecular weight excluding hydrogens is 468 g/mol. The van der Waals surface area contributed by atoms with Crippen LogP contribution in [0.2, 0.25) is 0 Å². The van der Waals surface area contributed by atoms with E-state index < -0.39 is 11.3 Å². The molecule has 0 bridgehead atoms. The van der Waals surface area contributed by atoms with E-state index in [1.165, 1.54) is 0 Å². The maximum Gasteiger partial charge on any atom is 0.193 e. The van der Waals surface area contributed by atoms with Gasteiger partial charge in [-0.1, -0.05) is 60.7 Å². The molecule has 0 saturated carbocycles. The molecule has 8 nitrogen and oxygen atoms in total. The lowest BCUT2D eigenvalue weighted by molar-refractivity contribution is -0.161. The van der Waals surface area contributed by atoms with Gasteiger partial charge < -0.3 is 29.8 Å². The van der Waals surface area contributed by atoms with Crippen molar-refractivity contribution in [2.24, 2.45) is 0 Å². The Balaban J connectivity index is 1.66. The maximum atomic E-state index is 9.73. The number of hydrogen-bond donors (Lipinski definition) is 2. The molecule has 0 atom stereocenters. The van der Waals surface area contributed by atoms with Gasteiger partial charge in [0.05, 0.1) is 39.9 Å². The average Bonchev–Trinajstić information content (AvgIpc) is 3.24. The minimum atomic E-state index is -0.666. The van der Waals surface area contributed by atoms with Crippen molar-refractivity contribution >= 4 is 34.7 Å². The molecule has 2 N–H and O–H groups in total. The molecule has 10 heteroatoms. The van der Waals surface area contributed by atoms with Crippen LogP contribution in [0, 0.1) is 0 Å². The Morgan fingerprint density at radius 1 is 0.588 bits per heavy atom. The van der Waals surface area contributed by atoms with Crippen molar-refractivity contribution in [3.8, 4) is 0 Å². The van der Waals surface area contributed by atoms with Gasteiger partial charge in [-0.3, -0.25) is 9.80 Å². The first-order chi connectivity index (χ1) is 16.6. The van der Waals surface area contributed by atoms with Crippen LogP contribution in [-0.2, 0) is 11.3 Å². The SMILES string of the molecule is OCCN1CN2C(=S)N3CN(CCO)CN4C(=S)N(C1)C2(c1ccccc1)C34c1ccccc1. The third-order valence-corrected chi connectivity index (χ3v) is 8.40. The highest BCUT2D eigenvalue weighted by molar-refractivity contribution is 7.80. The van der Waals surface area contributed by atoms with Gasteiger partial charge in [0.15, 0.2) is 21.6 Å². The third-order valence-electron chi connectivity index (χ3n) is 7.52. The molecule has 0 aromatic heterocycles. The highest BCUT2D eigenvalue weighted by atomic mass is 32.1. The van der Waals surface area contributed by atoms with Gasteiger partial charge in [0.1, 0.15) is 0 Å². The highest BCUT2D eigenvalue weighted by Gasteiger charge is 2.80. The zero-order valence-electron chi connectivity index (χ0n) is 18.8. The molecule has 2 aromatic rings. The van der Waals surface area contributed by atoms with E-state index in [-0.39, 0.29) is 13.2 Å². The number of rotatable bonds is 6. The first-order valence-corrected chi connectivity index (χ1v) is 12.4. The quantitative estimate of drug-likeness (QED) is 0.565. The second kappa shape index (κ2) is 8.11. The molecule has 0 radical (unpaired) electrons. The molecule has 0 aliphatic carbocycles. The number of nitrogens with zero attached hydrogens (tertiary/aromatic N) is 6. The monoisotopic (exact) mass is 496 g/mol. The van der Waals surface area contributed by atoms with E-state index in [4.69, 9.17) is 24.4 Å². The Kier molecular flexibility index (Phi) is 5.28. The summed E-state index contributed by atoms with van der Waals surface area (Å²) in [5.74, 6) is 0. The van der Waals surface area contributed by atoms with Crippen LogP contribution in [0.5, 0.6) is 0 Å². The standard InChI is InChI=1S/C24H28N6O2S2/c31-13-11-25-15-27-21(33)29-17-26(12-14-32)18-30-22(34)28(16-25)23(27,19-7-3-1-4-8-19)24(29,30)20-9-5-2-6-10-20/h1-10,31-32H,11-18H2. The Morgan fingerprint density at radius 2 is 0.912 bits per heavy atom. The van der Waals surface area contributed by atoms with Gasteiger partial charge >= 0.3 is 0 Å². The second-order valence-corrected chi connectivity index (χ2v) is 9.89. The molecule has 0 spiro atoms. The summed E-state index contributed by atoms with van der Waals surface area (Å²) in [7, 11) is 0. The zero-order chi connectivity index (χ0) is 23.5. The predicted octanol–water partition coefficient (Wildman–Crippen LogP) is 0.943. The summed E-state index contributed by atoms with van der Waals surface area (Å²) in [5, 5.41) is 21.0. The maximum absolute atomic E-state index is 9.73. The number of β-amino-alcohol motifs (C(OH)–C–C–N with tert-alkyl or cyclic N) is 2. The predicted molar refractivity (Wildman–Crippen MR) is 136 cm³/mol. The summed E-state index contributed by atoms with van der Waals surface area (Å²) < 4.78 is 0. The molecule has 2 aromatic carbocycles. The summed E-state index contributed by atoms with van der Waals surface area (Å²) >= 11 is 12.4. The second-order valence-electron chi connectivity index (χ2n) is 9.16. The largest absolute Gasteiger partial charge is 0.395 e. The van der Waals surface area contributed by atoms with Crippen LogP contribution in [-0.4, -0.2) is 103 Å². The lowest BCUT2D eigenvalue weighted by atomic mass is 9.79. The summed E-state index contributed by atoms with van der Waals surface area (Å²) in [6.07, 6.45) is 0. The highest BCUT2D eigenvalue weighted by Crippen LogP contribution is 2.64. The van der Waals surface area contributed by atoms with Crippen molar-refractivity contribution in [3.05, 3.63) is 71.8 Å². The molecule has 0 unspecified atom stereocenters. The fraction of sp³-hybridized carbons (Fsp3) is 0.417. The van der Waals surface area contributed by atoms with Crippen LogP contribution in [0.1, 0.15) is 11.1 Å². The minimum Gasteiger partial charge on any atom is -0.395 e. The van der Waals surface area contributed by atoms with Crippen LogP contribution in [0.4, 0.5) is 0 Å². The lowest BCUT2D eigenvalue weighted by Gasteiger charge is -2.56. The van der Waals surface area contributed by atoms with Crippen LogP contribution in [0.3, 0.4) is 0 Å². The van der Waals surface area contributed by atoms with Crippen LogP contribution >= 0.6 is 24.4 Å². The van der Waals surface area contributed by atoms with E-state index in [0.717, 1.165) is 21.4 Å². The van der Waals surface area contributed by atoms with Crippen LogP contribution < -0.4 is 0 Å². The van der Waals surface area contributed by atoms with Gasteiger partial charge in [0.2, 0.25) is 0 Å². The smallest absolute Gasteiger partial charge is 0.193 e. The van der Waals surface area contributed by atoms with E-state index in [9.17, 15) is 10.2 Å². The van der Waals surface area contributed by atoms with Gasteiger partial charge in [0, 0.05) is 24.2 Å². The van der Waals surface area contributed by atoms with E-state index in [0.29, 0.717) is 39.8 Å². The lowest BCUT2D eigenvalue weighted by Crippen LogP contribution is -2.70. The normalized spacial score (nSPS) is 28.8. The number of benzene rings is 2. The number of thiocarbonyl (C=S) groups is 2. The Bertz CT molecular complexity index is 984. The molecule has 4 fully saturated rings. The van der Waals surface area contributed by atoms with E-state index in [1.54, 1.807) is 0 Å². The van der Waals surface area contributed by atoms with Gasteiger partial charge in [-0.15, -0.1) is 0 Å². The summed E-state index contributed by atoms with van der Waals surface area (Å²) in [6.45, 7) is 3.58. The fourth-order valence-corrected chi connectivity index (χ4v) is 7.12. The van der Waals surface area contributed by atoms with E-state index in [1.807, 2.05) is 12.1 Å². The summed E-state index contributed by atoms with van der Waals surface area (Å²) in [4.78, 5) is 13.5. The molecule has 6 rings (SSSR count). The van der Waals surface area contributed by atoms with Crippen molar-refractivity contribution in [3.63, 3.8) is 0 Å². The molecule has 4 saturated heterocycles. The average molecular weight is 497 g/mol. The van der Waals surface area contributed by atoms with Gasteiger partial charge in [0.25, 0.3) is 0 Å². The zero-order valence-corrected chi connectivity index (χ0v) is 20.5. The summed E-state index contributed by atoms with van der Waals surface area (Å²) in [5.41, 5.74) is 0.933. The first kappa shape index (κ1) is 22.1. The molecular formula is C24H28N6O2S2. The first-order valence-electron chi connectivity index (χ1n) is 11.6. The molecule has 34 heavy (non-hydrogen) atoms. The van der Waals surface area contributed by atoms with Crippen molar-refractivity contribution in [1.82, 2.24) is 29.4 Å². The summed E-state index contributed by atoms with van der Waals surface area (Å²) in [6, 6.07) is 21.1. The molecule has 178 valence electrons. The van der Waals surface area contributed by atoms with E-state index in [2.05, 4.69) is 77.9 Å². The third kappa shape index (κ3) is 2.61. The van der Waals surface area contributed by atoms with Crippen LogP contribution in [0.25, 0.3) is 0 Å². The van der Waals surface area contributed by atoms with Crippen molar-refractivity contribution in [2.75, 3.05) is 53.0 Å². The fourth-order valence-electron chi connectivity index (χ4n) is 6.36. The molecule has 4 heterocycles. The van der Waals surface area contributed by atoms with Crippen LogP contribution in [0.15, 0.2) is 60.7 Å². The molecule has 0 amide bonds. The van der Waals surface area contributed by atoms with Gasteiger partial charge in [-0.25, -0.2) is 0 Å². The number of hydrogen-bond acceptors (Lipinski definition) is 6. The van der Waals surface area contributed by atoms with Crippen molar-refractivity contribution < 1.29 is 10.2 Å². The van der Waals surface area contributed by atoms with Crippen molar-refractivity contribution in [2.45, 2.75) is 11.3 Å². The Hall–Kier alpha value is -2.34. The topological polar surface area (TPSA) is 59.9 Å². The van der Waals surface area contributed by atoms with E-state index >= 15 is 0 Å². The number of aliphatic hydroxyl groups is 2. The van der Waals surface area contributed by atoms with Gasteiger partial charge in [-0.2, -0.15) is 0 Å².